The van der Waals surface area contributed by atoms with Gasteiger partial charge in [-0.25, -0.2) is 12.8 Å². The van der Waals surface area contributed by atoms with Crippen LogP contribution in [0.3, 0.4) is 0 Å². The molecule has 0 aliphatic carbocycles. The first kappa shape index (κ1) is 31.3. The van der Waals surface area contributed by atoms with Crippen LogP contribution in [0.15, 0.2) is 71.6 Å². The Labute approximate surface area is 247 Å². The smallest absolute Gasteiger partial charge is 0.262 e. The van der Waals surface area contributed by atoms with Gasteiger partial charge in [0, 0.05) is 57.5 Å². The van der Waals surface area contributed by atoms with Gasteiger partial charge < -0.3 is 19.1 Å². The van der Waals surface area contributed by atoms with Crippen LogP contribution in [-0.2, 0) is 21.3 Å². The van der Waals surface area contributed by atoms with Gasteiger partial charge in [-0.1, -0.05) is 31.2 Å². The third-order valence-corrected chi connectivity index (χ3v) is 8.89. The van der Waals surface area contributed by atoms with Crippen LogP contribution in [0.2, 0.25) is 0 Å². The van der Waals surface area contributed by atoms with Gasteiger partial charge in [-0.3, -0.25) is 14.4 Å². The second kappa shape index (κ2) is 13.5. The average Bonchev–Trinajstić information content (AvgIpc) is 2.98. The van der Waals surface area contributed by atoms with E-state index >= 15 is 0 Å². The van der Waals surface area contributed by atoms with E-state index in [1.807, 2.05) is 13.0 Å². The Morgan fingerprint density at radius 1 is 1.02 bits per heavy atom. The topological polar surface area (TPSA) is 97.4 Å². The van der Waals surface area contributed by atoms with E-state index in [4.69, 9.17) is 14.2 Å². The van der Waals surface area contributed by atoms with Gasteiger partial charge in [0.2, 0.25) is 0 Å². The Bertz CT molecular complexity index is 1500. The van der Waals surface area contributed by atoms with Crippen LogP contribution in [0.1, 0.15) is 29.8 Å². The average molecular weight is 600 g/mol. The number of ether oxygens (including phenoxy) is 3. The highest BCUT2D eigenvalue weighted by Crippen LogP contribution is 2.29. The fraction of sp³-hybridized carbons (Fsp3) is 0.387. The number of hydrogen-bond donors (Lipinski definition) is 1. The number of halogens is 1. The van der Waals surface area contributed by atoms with Crippen molar-refractivity contribution in [2.24, 2.45) is 5.92 Å². The normalized spacial score (nSPS) is 20.6. The predicted molar refractivity (Wildman–Crippen MR) is 159 cm³/mol. The monoisotopic (exact) mass is 599 g/mol. The number of anilines is 1. The molecule has 1 heterocycles. The molecule has 0 spiro atoms. The van der Waals surface area contributed by atoms with Crippen LogP contribution in [-0.4, -0.2) is 77.2 Å². The third kappa shape index (κ3) is 7.39. The van der Waals surface area contributed by atoms with E-state index in [1.54, 1.807) is 49.4 Å². The molecule has 3 atom stereocenters. The lowest BCUT2D eigenvalue weighted by Crippen LogP contribution is -2.46. The molecule has 226 valence electrons. The molecule has 0 bridgehead atoms. The van der Waals surface area contributed by atoms with Crippen LogP contribution >= 0.6 is 0 Å². The number of nitrogens with one attached hydrogen (secondary N) is 1. The summed E-state index contributed by atoms with van der Waals surface area (Å²) in [5, 5.41) is 0. The maximum atomic E-state index is 14.6. The van der Waals surface area contributed by atoms with Crippen molar-refractivity contribution in [1.82, 2.24) is 9.80 Å². The summed E-state index contributed by atoms with van der Waals surface area (Å²) in [6.45, 7) is 5.46. The molecule has 4 rings (SSSR count). The van der Waals surface area contributed by atoms with Crippen LogP contribution in [0.5, 0.6) is 11.5 Å². The lowest BCUT2D eigenvalue weighted by atomic mass is 10.0. The first-order valence-electron chi connectivity index (χ1n) is 13.7. The number of rotatable bonds is 7. The fourth-order valence-corrected chi connectivity index (χ4v) is 6.04. The zero-order valence-corrected chi connectivity index (χ0v) is 25.4. The molecule has 3 aromatic carbocycles. The van der Waals surface area contributed by atoms with Crippen molar-refractivity contribution in [3.8, 4) is 11.5 Å². The largest absolute Gasteiger partial charge is 0.497 e. The molecular weight excluding hydrogens is 561 g/mol. The molecule has 42 heavy (non-hydrogen) atoms. The number of benzene rings is 3. The van der Waals surface area contributed by atoms with Gasteiger partial charge in [0.1, 0.15) is 23.9 Å². The van der Waals surface area contributed by atoms with Crippen molar-refractivity contribution in [2.75, 3.05) is 45.7 Å². The predicted octanol–water partition coefficient (Wildman–Crippen LogP) is 4.64. The highest BCUT2D eigenvalue weighted by molar-refractivity contribution is 7.92. The van der Waals surface area contributed by atoms with Crippen LogP contribution in [0.4, 0.5) is 10.1 Å². The van der Waals surface area contributed by atoms with Gasteiger partial charge in [-0.15, -0.1) is 0 Å². The van der Waals surface area contributed by atoms with E-state index < -0.39 is 10.0 Å². The standard InChI is InChI=1S/C31H38FN3O6S/c1-21-17-35(18-23-9-6-7-12-28(23)32)22(2)20-41-29-15-24(13-14-27(29)31(36)34(3)19-30(21)40-5)33-42(37,38)26-11-8-10-25(16-26)39-4/h6-16,21-22,30,33H,17-20H2,1-5H3/t21-,22+,30-/m0/s1. The van der Waals surface area contributed by atoms with Crippen molar-refractivity contribution in [1.29, 1.82) is 0 Å². The van der Waals surface area contributed by atoms with Crippen molar-refractivity contribution >= 4 is 21.6 Å². The SMILES string of the molecule is COc1cccc(S(=O)(=O)Nc2ccc3c(c2)OC[C@@H](C)N(Cc2ccccc2F)C[C@H](C)[C@@H](OC)CN(C)C3=O)c1. The van der Waals surface area contributed by atoms with Gasteiger partial charge >= 0.3 is 0 Å². The molecule has 0 radical (unpaired) electrons. The highest BCUT2D eigenvalue weighted by Gasteiger charge is 2.29. The fourth-order valence-electron chi connectivity index (χ4n) is 4.96. The molecule has 0 saturated heterocycles. The lowest BCUT2D eigenvalue weighted by molar-refractivity contribution is 0.00904. The first-order chi connectivity index (χ1) is 20.0. The van der Waals surface area contributed by atoms with Gasteiger partial charge in [-0.05, 0) is 43.2 Å². The van der Waals surface area contributed by atoms with Crippen molar-refractivity contribution in [3.63, 3.8) is 0 Å². The first-order valence-corrected chi connectivity index (χ1v) is 15.2. The van der Waals surface area contributed by atoms with Crippen molar-refractivity contribution in [3.05, 3.63) is 83.7 Å². The van der Waals surface area contributed by atoms with Gasteiger partial charge in [0.25, 0.3) is 15.9 Å². The van der Waals surface area contributed by atoms with Crippen LogP contribution in [0.25, 0.3) is 0 Å². The lowest BCUT2D eigenvalue weighted by Gasteiger charge is -2.36. The van der Waals surface area contributed by atoms with Gasteiger partial charge in [0.15, 0.2) is 0 Å². The van der Waals surface area contributed by atoms with E-state index in [0.717, 1.165) is 0 Å². The Morgan fingerprint density at radius 2 is 1.79 bits per heavy atom. The molecule has 9 nitrogen and oxygen atoms in total. The number of nitrogens with zero attached hydrogens (tertiary/aromatic N) is 2. The minimum absolute atomic E-state index is 0.0202. The second-order valence-electron chi connectivity index (χ2n) is 10.6. The summed E-state index contributed by atoms with van der Waals surface area (Å²) in [5.74, 6) is 0.101. The Kier molecular flexibility index (Phi) is 10.1. The maximum Gasteiger partial charge on any atom is 0.262 e. The summed E-state index contributed by atoms with van der Waals surface area (Å²) < 4.78 is 60.6. The Balaban J connectivity index is 1.67. The zero-order chi connectivity index (χ0) is 30.4. The number of carbonyl (C=O) groups excluding carboxylic acids is 1. The van der Waals surface area contributed by atoms with E-state index in [9.17, 15) is 17.6 Å². The number of likely N-dealkylation sites (N-methyl/N-ethyl adjacent to an activating group) is 1. The minimum Gasteiger partial charge on any atom is -0.497 e. The molecule has 0 unspecified atom stereocenters. The van der Waals surface area contributed by atoms with Crippen LogP contribution in [0, 0.1) is 11.7 Å². The maximum absolute atomic E-state index is 14.6. The third-order valence-electron chi connectivity index (χ3n) is 7.51. The highest BCUT2D eigenvalue weighted by atomic mass is 32.2. The molecule has 0 saturated carbocycles. The van der Waals surface area contributed by atoms with E-state index in [2.05, 4.69) is 16.5 Å². The van der Waals surface area contributed by atoms with E-state index in [0.29, 0.717) is 30.9 Å². The summed E-state index contributed by atoms with van der Waals surface area (Å²) in [5.41, 5.74) is 1.09. The quantitative estimate of drug-likeness (QED) is 0.423. The van der Waals surface area contributed by atoms with E-state index in [1.165, 1.54) is 37.4 Å². The molecule has 0 fully saturated rings. The van der Waals surface area contributed by atoms with Gasteiger partial charge in [-0.2, -0.15) is 0 Å². The van der Waals surface area contributed by atoms with Crippen LogP contribution < -0.4 is 14.2 Å². The summed E-state index contributed by atoms with van der Waals surface area (Å²) in [4.78, 5) is 17.3. The van der Waals surface area contributed by atoms with Gasteiger partial charge in [0.05, 0.1) is 29.4 Å². The molecular formula is C31H38FN3O6S. The molecule has 3 aromatic rings. The second-order valence-corrected chi connectivity index (χ2v) is 12.3. The van der Waals surface area contributed by atoms with Crippen molar-refractivity contribution in [2.45, 2.75) is 37.4 Å². The number of sulfonamides is 1. The molecule has 11 heteroatoms. The number of hydrogen-bond acceptors (Lipinski definition) is 7. The summed E-state index contributed by atoms with van der Waals surface area (Å²) >= 11 is 0. The minimum atomic E-state index is -3.95. The summed E-state index contributed by atoms with van der Waals surface area (Å²) in [6.07, 6.45) is -0.271. The molecule has 1 aliphatic heterocycles. The number of carbonyl (C=O) groups is 1. The number of fused-ring (bicyclic) bond motifs is 1. The molecule has 0 aromatic heterocycles. The Morgan fingerprint density at radius 3 is 2.50 bits per heavy atom. The van der Waals surface area contributed by atoms with E-state index in [-0.39, 0.29) is 58.3 Å². The molecule has 1 N–H and O–H groups in total. The Hall–Kier alpha value is -3.67. The number of amides is 1. The summed E-state index contributed by atoms with van der Waals surface area (Å²) in [7, 11) is 0.817. The summed E-state index contributed by atoms with van der Waals surface area (Å²) in [6, 6.07) is 17.2. The number of methoxy groups -OCH3 is 2. The molecule has 1 aliphatic rings. The molecule has 1 amide bonds. The zero-order valence-electron chi connectivity index (χ0n) is 24.5. The van der Waals surface area contributed by atoms with Crippen molar-refractivity contribution < 1.29 is 31.8 Å².